The van der Waals surface area contributed by atoms with Crippen molar-refractivity contribution in [3.8, 4) is 0 Å². The molecular weight excluding hydrogens is 208 g/mol. The first kappa shape index (κ1) is 16.8. The van der Waals surface area contributed by atoms with Crippen LogP contribution in [0.15, 0.2) is 25.3 Å². The van der Waals surface area contributed by atoms with Crippen LogP contribution in [0.4, 0.5) is 0 Å². The fourth-order valence-electron chi connectivity index (χ4n) is 0.509. The quantitative estimate of drug-likeness (QED) is 0.534. The molecule has 0 amide bonds. The minimum atomic E-state index is -0.359. The van der Waals surface area contributed by atoms with Gasteiger partial charge in [0.2, 0.25) is 0 Å². The summed E-state index contributed by atoms with van der Waals surface area (Å²) in [5.74, 6) is -0.305. The molecule has 0 rings (SSSR count). The van der Waals surface area contributed by atoms with Gasteiger partial charge in [0, 0.05) is 12.2 Å². The van der Waals surface area contributed by atoms with Gasteiger partial charge in [-0.25, -0.2) is 9.59 Å². The number of rotatable bonds is 5. The van der Waals surface area contributed by atoms with Crippen molar-refractivity contribution in [2.45, 2.75) is 20.8 Å². The van der Waals surface area contributed by atoms with Crippen molar-refractivity contribution in [1.29, 1.82) is 0 Å². The van der Waals surface area contributed by atoms with Gasteiger partial charge in [-0.1, -0.05) is 27.0 Å². The molecule has 0 saturated heterocycles. The van der Waals surface area contributed by atoms with Crippen molar-refractivity contribution >= 4 is 11.9 Å². The van der Waals surface area contributed by atoms with Crippen LogP contribution in [-0.4, -0.2) is 25.2 Å². The standard InChI is InChI=1S/C7H12O2.C5H8O2/c1-4-7(8)9-5-6(2)3;1-3-5(6)7-4-2/h4,6H,1,5H2,2-3H3;3H,1,4H2,2H3. The number of carbonyl (C=O) groups is 2. The molecule has 0 atom stereocenters. The predicted molar refractivity (Wildman–Crippen MR) is 62.8 cm³/mol. The summed E-state index contributed by atoms with van der Waals surface area (Å²) in [4.78, 5) is 20.4. The molecule has 4 heteroatoms. The molecule has 0 aliphatic heterocycles. The first-order chi connectivity index (χ1) is 7.47. The minimum Gasteiger partial charge on any atom is -0.463 e. The molecule has 0 unspecified atom stereocenters. The Morgan fingerprint density at radius 3 is 1.81 bits per heavy atom. The van der Waals surface area contributed by atoms with E-state index in [0.717, 1.165) is 6.08 Å². The molecule has 0 aliphatic rings. The summed E-state index contributed by atoms with van der Waals surface area (Å²) in [6.07, 6.45) is 2.31. The van der Waals surface area contributed by atoms with Crippen LogP contribution in [0.1, 0.15) is 20.8 Å². The first-order valence-electron chi connectivity index (χ1n) is 5.06. The highest BCUT2D eigenvalue weighted by molar-refractivity contribution is 5.81. The van der Waals surface area contributed by atoms with Gasteiger partial charge in [0.25, 0.3) is 0 Å². The first-order valence-corrected chi connectivity index (χ1v) is 5.06. The molecule has 0 N–H and O–H groups in total. The van der Waals surface area contributed by atoms with Crippen molar-refractivity contribution in [1.82, 2.24) is 0 Å². The summed E-state index contributed by atoms with van der Waals surface area (Å²) in [6.45, 7) is 13.1. The van der Waals surface area contributed by atoms with Crippen molar-refractivity contribution in [2.75, 3.05) is 13.2 Å². The second-order valence-electron chi connectivity index (χ2n) is 3.18. The van der Waals surface area contributed by atoms with Crippen LogP contribution in [0, 0.1) is 5.92 Å². The van der Waals surface area contributed by atoms with E-state index in [4.69, 9.17) is 4.74 Å². The third-order valence-electron chi connectivity index (χ3n) is 1.18. The molecule has 0 heterocycles. The molecule has 92 valence electrons. The van der Waals surface area contributed by atoms with Gasteiger partial charge in [-0.15, -0.1) is 0 Å². The van der Waals surface area contributed by atoms with Gasteiger partial charge in [-0.2, -0.15) is 0 Å². The lowest BCUT2D eigenvalue weighted by Gasteiger charge is -2.02. The van der Waals surface area contributed by atoms with Crippen LogP contribution in [0.5, 0.6) is 0 Å². The number of ether oxygens (including phenoxy) is 2. The number of esters is 2. The summed E-state index contributed by atoms with van der Waals surface area (Å²) in [5.41, 5.74) is 0. The molecule has 0 bridgehead atoms. The zero-order valence-electron chi connectivity index (χ0n) is 10.2. The van der Waals surface area contributed by atoms with Gasteiger partial charge < -0.3 is 9.47 Å². The third-order valence-corrected chi connectivity index (χ3v) is 1.18. The monoisotopic (exact) mass is 228 g/mol. The molecule has 0 saturated carbocycles. The van der Waals surface area contributed by atoms with Crippen molar-refractivity contribution < 1.29 is 19.1 Å². The van der Waals surface area contributed by atoms with E-state index in [1.807, 2.05) is 13.8 Å². The van der Waals surface area contributed by atoms with Gasteiger partial charge in [0.1, 0.15) is 0 Å². The van der Waals surface area contributed by atoms with Crippen LogP contribution in [0.25, 0.3) is 0 Å². The average molecular weight is 228 g/mol. The second kappa shape index (κ2) is 11.5. The highest BCUT2D eigenvalue weighted by Crippen LogP contribution is 1.92. The Hall–Kier alpha value is -1.58. The van der Waals surface area contributed by atoms with E-state index in [9.17, 15) is 9.59 Å². The Bertz CT molecular complexity index is 231. The van der Waals surface area contributed by atoms with E-state index < -0.39 is 0 Å². The van der Waals surface area contributed by atoms with Crippen molar-refractivity contribution in [3.63, 3.8) is 0 Å². The maximum absolute atomic E-state index is 10.4. The molecule has 16 heavy (non-hydrogen) atoms. The molecule has 0 fully saturated rings. The SMILES string of the molecule is C=CC(=O)OCC.C=CC(=O)OCC(C)C. The van der Waals surface area contributed by atoms with E-state index in [1.54, 1.807) is 6.92 Å². The Labute approximate surface area is 96.9 Å². The summed E-state index contributed by atoms with van der Waals surface area (Å²) >= 11 is 0. The number of hydrogen-bond acceptors (Lipinski definition) is 4. The molecule has 0 spiro atoms. The van der Waals surface area contributed by atoms with Crippen molar-refractivity contribution in [2.24, 2.45) is 5.92 Å². The zero-order valence-corrected chi connectivity index (χ0v) is 10.2. The Morgan fingerprint density at radius 2 is 1.56 bits per heavy atom. The summed E-state index contributed by atoms with van der Waals surface area (Å²) in [7, 11) is 0. The summed E-state index contributed by atoms with van der Waals surface area (Å²) < 4.78 is 9.13. The summed E-state index contributed by atoms with van der Waals surface area (Å²) in [6, 6.07) is 0. The van der Waals surface area contributed by atoms with Crippen LogP contribution < -0.4 is 0 Å². The number of carbonyl (C=O) groups excluding carboxylic acids is 2. The van der Waals surface area contributed by atoms with Gasteiger partial charge in [-0.05, 0) is 12.8 Å². The smallest absolute Gasteiger partial charge is 0.330 e. The van der Waals surface area contributed by atoms with E-state index in [0.29, 0.717) is 19.1 Å². The third kappa shape index (κ3) is 14.9. The van der Waals surface area contributed by atoms with Crippen LogP contribution in [0.2, 0.25) is 0 Å². The normalized spacial score (nSPS) is 8.50. The molecule has 0 aromatic rings. The molecule has 0 radical (unpaired) electrons. The largest absolute Gasteiger partial charge is 0.463 e. The molecule has 0 aliphatic carbocycles. The Morgan fingerprint density at radius 1 is 1.12 bits per heavy atom. The molecule has 0 aromatic carbocycles. The fourth-order valence-corrected chi connectivity index (χ4v) is 0.509. The molecular formula is C12H20O4. The second-order valence-corrected chi connectivity index (χ2v) is 3.18. The lowest BCUT2D eigenvalue weighted by atomic mass is 10.2. The Kier molecular flexibility index (Phi) is 12.1. The van der Waals surface area contributed by atoms with Crippen LogP contribution in [0.3, 0.4) is 0 Å². The van der Waals surface area contributed by atoms with Gasteiger partial charge in [0.05, 0.1) is 13.2 Å². The Balaban J connectivity index is 0. The lowest BCUT2D eigenvalue weighted by Crippen LogP contribution is -2.06. The fraction of sp³-hybridized carbons (Fsp3) is 0.500. The van der Waals surface area contributed by atoms with Gasteiger partial charge >= 0.3 is 11.9 Å². The van der Waals surface area contributed by atoms with E-state index in [2.05, 4.69) is 17.9 Å². The average Bonchev–Trinajstić information content (AvgIpc) is 2.26. The van der Waals surface area contributed by atoms with Crippen LogP contribution in [-0.2, 0) is 19.1 Å². The highest BCUT2D eigenvalue weighted by Gasteiger charge is 1.96. The van der Waals surface area contributed by atoms with Crippen LogP contribution >= 0.6 is 0 Å². The summed E-state index contributed by atoms with van der Waals surface area (Å²) in [5, 5.41) is 0. The maximum atomic E-state index is 10.4. The molecule has 4 nitrogen and oxygen atoms in total. The maximum Gasteiger partial charge on any atom is 0.330 e. The predicted octanol–water partition coefficient (Wildman–Crippen LogP) is 2.11. The highest BCUT2D eigenvalue weighted by atomic mass is 16.5. The minimum absolute atomic E-state index is 0.344. The number of hydrogen-bond donors (Lipinski definition) is 0. The van der Waals surface area contributed by atoms with Gasteiger partial charge in [-0.3, -0.25) is 0 Å². The van der Waals surface area contributed by atoms with E-state index in [-0.39, 0.29) is 11.9 Å². The topological polar surface area (TPSA) is 52.6 Å². The van der Waals surface area contributed by atoms with Crippen molar-refractivity contribution in [3.05, 3.63) is 25.3 Å². The lowest BCUT2D eigenvalue weighted by molar-refractivity contribution is -0.139. The molecule has 0 aromatic heterocycles. The van der Waals surface area contributed by atoms with E-state index >= 15 is 0 Å². The van der Waals surface area contributed by atoms with E-state index in [1.165, 1.54) is 6.08 Å². The zero-order chi connectivity index (χ0) is 13.0. The van der Waals surface area contributed by atoms with Gasteiger partial charge in [0.15, 0.2) is 0 Å².